The normalized spacial score (nSPS) is 14.8. The highest BCUT2D eigenvalue weighted by Gasteiger charge is 2.29. The third kappa shape index (κ3) is 5.43. The van der Waals surface area contributed by atoms with Crippen LogP contribution < -0.4 is 0 Å². The average molecular weight is 365 g/mol. The molecule has 1 aliphatic carbocycles. The van der Waals surface area contributed by atoms with E-state index in [1.54, 1.807) is 0 Å². The van der Waals surface area contributed by atoms with Crippen molar-refractivity contribution in [2.75, 3.05) is 27.2 Å². The van der Waals surface area contributed by atoms with Crippen LogP contribution in [0.1, 0.15) is 49.1 Å². The first kappa shape index (κ1) is 19.6. The van der Waals surface area contributed by atoms with E-state index in [-0.39, 0.29) is 5.92 Å². The molecule has 0 unspecified atom stereocenters. The number of benzene rings is 2. The second kappa shape index (κ2) is 9.70. The third-order valence-corrected chi connectivity index (χ3v) is 5.66. The molecule has 144 valence electrons. The predicted molar refractivity (Wildman–Crippen MR) is 112 cm³/mol. The number of rotatable bonds is 8. The number of carbonyl (C=O) groups is 1. The molecule has 0 aliphatic heterocycles. The van der Waals surface area contributed by atoms with Gasteiger partial charge in [-0.15, -0.1) is 0 Å². The highest BCUT2D eigenvalue weighted by Crippen LogP contribution is 2.30. The Morgan fingerprint density at radius 3 is 1.89 bits per heavy atom. The molecule has 1 aliphatic rings. The molecule has 0 radical (unpaired) electrons. The second-order valence-electron chi connectivity index (χ2n) is 7.91. The molecule has 0 spiro atoms. The van der Waals surface area contributed by atoms with Gasteiger partial charge in [-0.1, -0.05) is 73.5 Å². The van der Waals surface area contributed by atoms with Gasteiger partial charge in [0.25, 0.3) is 0 Å². The molecule has 2 aromatic carbocycles. The van der Waals surface area contributed by atoms with Crippen molar-refractivity contribution in [3.63, 3.8) is 0 Å². The van der Waals surface area contributed by atoms with Crippen LogP contribution >= 0.6 is 0 Å². The van der Waals surface area contributed by atoms with E-state index in [4.69, 9.17) is 0 Å². The summed E-state index contributed by atoms with van der Waals surface area (Å²) in [6.45, 7) is 1.75. The van der Waals surface area contributed by atoms with E-state index in [1.165, 1.54) is 24.0 Å². The van der Waals surface area contributed by atoms with Gasteiger partial charge in [0.1, 0.15) is 0 Å². The van der Waals surface area contributed by atoms with Crippen LogP contribution in [0.2, 0.25) is 0 Å². The van der Waals surface area contributed by atoms with Gasteiger partial charge in [-0.05, 0) is 38.1 Å². The molecule has 1 saturated carbocycles. The Kier molecular flexibility index (Phi) is 7.05. The van der Waals surface area contributed by atoms with Crippen LogP contribution in [-0.4, -0.2) is 48.9 Å². The summed E-state index contributed by atoms with van der Waals surface area (Å²) in [6.07, 6.45) is 5.34. The number of carbonyl (C=O) groups excluding carboxylic acids is 1. The van der Waals surface area contributed by atoms with Gasteiger partial charge in [0.15, 0.2) is 0 Å². The van der Waals surface area contributed by atoms with E-state index < -0.39 is 0 Å². The van der Waals surface area contributed by atoms with Crippen molar-refractivity contribution >= 4 is 5.91 Å². The van der Waals surface area contributed by atoms with Crippen molar-refractivity contribution < 1.29 is 4.79 Å². The number of amides is 1. The van der Waals surface area contributed by atoms with E-state index in [0.29, 0.717) is 18.4 Å². The van der Waals surface area contributed by atoms with E-state index in [0.717, 1.165) is 25.9 Å². The molecular formula is C24H32N2O. The summed E-state index contributed by atoms with van der Waals surface area (Å²) in [5.41, 5.74) is 2.44. The summed E-state index contributed by atoms with van der Waals surface area (Å²) in [4.78, 5) is 17.7. The van der Waals surface area contributed by atoms with Gasteiger partial charge in [0.2, 0.25) is 5.91 Å². The average Bonchev–Trinajstić information content (AvgIpc) is 3.22. The van der Waals surface area contributed by atoms with Crippen LogP contribution in [-0.2, 0) is 4.79 Å². The van der Waals surface area contributed by atoms with Crippen LogP contribution in [0.25, 0.3) is 0 Å². The van der Waals surface area contributed by atoms with Gasteiger partial charge < -0.3 is 9.80 Å². The lowest BCUT2D eigenvalue weighted by molar-refractivity contribution is -0.133. The number of hydrogen-bond acceptors (Lipinski definition) is 2. The maximum absolute atomic E-state index is 13.4. The highest BCUT2D eigenvalue weighted by atomic mass is 16.2. The zero-order chi connectivity index (χ0) is 19.1. The highest BCUT2D eigenvalue weighted by molar-refractivity contribution is 5.78. The number of hydrogen-bond donors (Lipinski definition) is 0. The molecule has 0 atom stereocenters. The van der Waals surface area contributed by atoms with Gasteiger partial charge in [-0.25, -0.2) is 0 Å². The SMILES string of the molecule is CN(C)CCN(C(=O)CC(c1ccccc1)c1ccccc1)C1CCCC1. The standard InChI is InChI=1S/C24H32N2O/c1-25(2)17-18-26(22-15-9-10-16-22)24(27)19-23(20-11-5-3-6-12-20)21-13-7-4-8-14-21/h3-8,11-14,22-23H,9-10,15-19H2,1-2H3. The fourth-order valence-electron chi connectivity index (χ4n) is 4.13. The smallest absolute Gasteiger partial charge is 0.223 e. The minimum absolute atomic E-state index is 0.114. The molecular weight excluding hydrogens is 332 g/mol. The molecule has 0 saturated heterocycles. The summed E-state index contributed by atoms with van der Waals surface area (Å²) in [7, 11) is 4.15. The Bertz CT molecular complexity index is 653. The quantitative estimate of drug-likeness (QED) is 0.686. The number of likely N-dealkylation sites (N-methyl/N-ethyl adjacent to an activating group) is 1. The van der Waals surface area contributed by atoms with Crippen LogP contribution in [0.15, 0.2) is 60.7 Å². The second-order valence-corrected chi connectivity index (χ2v) is 7.91. The van der Waals surface area contributed by atoms with Crippen molar-refractivity contribution in [2.24, 2.45) is 0 Å². The summed E-state index contributed by atoms with van der Waals surface area (Å²) in [6, 6.07) is 21.3. The lowest BCUT2D eigenvalue weighted by Crippen LogP contribution is -2.43. The molecule has 3 heteroatoms. The molecule has 27 heavy (non-hydrogen) atoms. The first-order chi connectivity index (χ1) is 13.1. The molecule has 1 amide bonds. The Labute approximate surface area is 164 Å². The summed E-state index contributed by atoms with van der Waals surface area (Å²) < 4.78 is 0. The lowest BCUT2D eigenvalue weighted by Gasteiger charge is -2.32. The Balaban J connectivity index is 1.81. The molecule has 0 N–H and O–H groups in total. The van der Waals surface area contributed by atoms with E-state index in [9.17, 15) is 4.79 Å². The molecule has 0 aromatic heterocycles. The summed E-state index contributed by atoms with van der Waals surface area (Å²) >= 11 is 0. The van der Waals surface area contributed by atoms with Gasteiger partial charge in [-0.3, -0.25) is 4.79 Å². The molecule has 0 heterocycles. The van der Waals surface area contributed by atoms with Crippen molar-refractivity contribution in [2.45, 2.75) is 44.1 Å². The maximum atomic E-state index is 13.4. The predicted octanol–water partition coefficient (Wildman–Crippen LogP) is 4.54. The summed E-state index contributed by atoms with van der Waals surface area (Å²) in [5, 5.41) is 0. The molecule has 3 nitrogen and oxygen atoms in total. The van der Waals surface area contributed by atoms with Gasteiger partial charge in [-0.2, -0.15) is 0 Å². The van der Waals surface area contributed by atoms with Gasteiger partial charge in [0, 0.05) is 31.5 Å². The minimum atomic E-state index is 0.114. The van der Waals surface area contributed by atoms with Crippen LogP contribution in [0, 0.1) is 0 Å². The van der Waals surface area contributed by atoms with Crippen molar-refractivity contribution in [1.82, 2.24) is 9.80 Å². The number of nitrogens with zero attached hydrogens (tertiary/aromatic N) is 2. The first-order valence-electron chi connectivity index (χ1n) is 10.2. The monoisotopic (exact) mass is 364 g/mol. The fourth-order valence-corrected chi connectivity index (χ4v) is 4.13. The first-order valence-corrected chi connectivity index (χ1v) is 10.2. The van der Waals surface area contributed by atoms with Crippen molar-refractivity contribution in [3.05, 3.63) is 71.8 Å². The molecule has 3 rings (SSSR count). The lowest BCUT2D eigenvalue weighted by atomic mass is 9.88. The zero-order valence-electron chi connectivity index (χ0n) is 16.7. The minimum Gasteiger partial charge on any atom is -0.338 e. The summed E-state index contributed by atoms with van der Waals surface area (Å²) in [5.74, 6) is 0.407. The van der Waals surface area contributed by atoms with Gasteiger partial charge >= 0.3 is 0 Å². The van der Waals surface area contributed by atoms with Gasteiger partial charge in [0.05, 0.1) is 0 Å². The maximum Gasteiger partial charge on any atom is 0.223 e. The Morgan fingerprint density at radius 1 is 0.889 bits per heavy atom. The zero-order valence-corrected chi connectivity index (χ0v) is 16.7. The molecule has 2 aromatic rings. The Hall–Kier alpha value is -2.13. The van der Waals surface area contributed by atoms with Crippen molar-refractivity contribution in [3.8, 4) is 0 Å². The van der Waals surface area contributed by atoms with Crippen LogP contribution in [0.3, 0.4) is 0 Å². The molecule has 0 bridgehead atoms. The third-order valence-electron chi connectivity index (χ3n) is 5.66. The molecule has 1 fully saturated rings. The van der Waals surface area contributed by atoms with E-state index >= 15 is 0 Å². The van der Waals surface area contributed by atoms with Crippen LogP contribution in [0.5, 0.6) is 0 Å². The van der Waals surface area contributed by atoms with Crippen LogP contribution in [0.4, 0.5) is 0 Å². The van der Waals surface area contributed by atoms with E-state index in [1.807, 2.05) is 12.1 Å². The van der Waals surface area contributed by atoms with E-state index in [2.05, 4.69) is 72.4 Å². The largest absolute Gasteiger partial charge is 0.338 e. The topological polar surface area (TPSA) is 23.6 Å². The fraction of sp³-hybridized carbons (Fsp3) is 0.458. The Morgan fingerprint density at radius 2 is 1.41 bits per heavy atom. The van der Waals surface area contributed by atoms with Crippen molar-refractivity contribution in [1.29, 1.82) is 0 Å².